The van der Waals surface area contributed by atoms with Gasteiger partial charge in [-0.2, -0.15) is 0 Å². The van der Waals surface area contributed by atoms with Gasteiger partial charge in [-0.05, 0) is 82.2 Å². The van der Waals surface area contributed by atoms with Crippen LogP contribution in [-0.2, 0) is 6.54 Å². The number of aromatic nitrogens is 1. The molecule has 7 rings (SSSR count). The second-order valence-electron chi connectivity index (χ2n) is 12.3. The Bertz CT molecular complexity index is 2110. The van der Waals surface area contributed by atoms with E-state index in [1.165, 1.54) is 60.8 Å². The Morgan fingerprint density at radius 2 is 1.02 bits per heavy atom. The molecule has 0 saturated heterocycles. The van der Waals surface area contributed by atoms with Crippen molar-refractivity contribution in [1.82, 2.24) is 4.57 Å². The lowest BCUT2D eigenvalue weighted by Crippen LogP contribution is -2.00. The molecule has 0 saturated carbocycles. The van der Waals surface area contributed by atoms with E-state index in [2.05, 4.69) is 182 Å². The second-order valence-corrected chi connectivity index (χ2v) is 12.3. The van der Waals surface area contributed by atoms with Gasteiger partial charge >= 0.3 is 0 Å². The Morgan fingerprint density at radius 3 is 1.52 bits per heavy atom. The number of hydrogen-bond acceptors (Lipinski definition) is 1. The fourth-order valence-corrected chi connectivity index (χ4v) is 6.62. The molecule has 0 aliphatic heterocycles. The predicted octanol–water partition coefficient (Wildman–Crippen LogP) is 12.2. The van der Waals surface area contributed by atoms with Crippen LogP contribution in [0.25, 0.3) is 45.1 Å². The monoisotopic (exact) mass is 623 g/mol. The smallest absolute Gasteiger partial charge is 0.128 e. The lowest BCUT2D eigenvalue weighted by Gasteiger charge is -2.14. The van der Waals surface area contributed by atoms with E-state index in [0.29, 0.717) is 6.61 Å². The average Bonchev–Trinajstić information content (AvgIpc) is 3.44. The second kappa shape index (κ2) is 14.4. The van der Waals surface area contributed by atoms with Crippen LogP contribution in [0.15, 0.2) is 152 Å². The third-order valence-corrected chi connectivity index (χ3v) is 8.88. The van der Waals surface area contributed by atoms with Gasteiger partial charge in [-0.3, -0.25) is 0 Å². The maximum atomic E-state index is 6.50. The molecule has 0 fully saturated rings. The zero-order valence-corrected chi connectivity index (χ0v) is 27.8. The molecule has 0 amide bonds. The molecule has 0 aliphatic carbocycles. The number of hydrogen-bond donors (Lipinski definition) is 0. The molecule has 0 bridgehead atoms. The Hall–Kier alpha value is -5.60. The molecule has 0 radical (unpaired) electrons. The Balaban J connectivity index is 1.46. The van der Waals surface area contributed by atoms with Gasteiger partial charge in [0.1, 0.15) is 5.75 Å². The molecule has 6 aromatic carbocycles. The van der Waals surface area contributed by atoms with E-state index < -0.39 is 0 Å². The lowest BCUT2D eigenvalue weighted by atomic mass is 9.94. The standard InChI is InChI=1S/C46H41NO/c1-3-27-47-44-26-25-34(29-40(35-17-9-5-10-18-35)36-19-11-6-12-20-36)30-42(44)43-32-39(46(33-45(43)47)48-28-4-2)31-41(37-21-13-7-14-22-37)38-23-15-8-16-24-38/h5-26,29-33H,3-4,27-28H2,1-2H3. The number of aryl methyl sites for hydroxylation is 1. The van der Waals surface area contributed by atoms with E-state index in [4.69, 9.17) is 4.74 Å². The number of rotatable bonds is 11. The quantitative estimate of drug-likeness (QED) is 0.131. The maximum Gasteiger partial charge on any atom is 0.128 e. The van der Waals surface area contributed by atoms with Crippen LogP contribution < -0.4 is 4.74 Å². The normalized spacial score (nSPS) is 11.0. The number of benzene rings is 6. The molecule has 2 heteroatoms. The summed E-state index contributed by atoms with van der Waals surface area (Å²) >= 11 is 0. The summed E-state index contributed by atoms with van der Waals surface area (Å²) in [4.78, 5) is 0. The van der Waals surface area contributed by atoms with Crippen LogP contribution in [0.3, 0.4) is 0 Å². The Morgan fingerprint density at radius 1 is 0.521 bits per heavy atom. The summed E-state index contributed by atoms with van der Waals surface area (Å²) in [5.74, 6) is 0.921. The largest absolute Gasteiger partial charge is 0.493 e. The molecule has 2 nitrogen and oxygen atoms in total. The highest BCUT2D eigenvalue weighted by molar-refractivity contribution is 6.11. The van der Waals surface area contributed by atoms with Gasteiger partial charge in [0.25, 0.3) is 0 Å². The molecule has 0 spiro atoms. The minimum Gasteiger partial charge on any atom is -0.493 e. The summed E-state index contributed by atoms with van der Waals surface area (Å²) in [5.41, 5.74) is 11.9. The van der Waals surface area contributed by atoms with Crippen molar-refractivity contribution in [3.8, 4) is 5.75 Å². The first-order valence-corrected chi connectivity index (χ1v) is 17.1. The minimum atomic E-state index is 0.670. The van der Waals surface area contributed by atoms with E-state index in [-0.39, 0.29) is 0 Å². The van der Waals surface area contributed by atoms with Crippen molar-refractivity contribution >= 4 is 45.1 Å². The first-order chi connectivity index (χ1) is 23.7. The van der Waals surface area contributed by atoms with E-state index in [9.17, 15) is 0 Å². The third-order valence-electron chi connectivity index (χ3n) is 8.88. The van der Waals surface area contributed by atoms with Crippen molar-refractivity contribution in [2.75, 3.05) is 6.61 Å². The van der Waals surface area contributed by atoms with Crippen LogP contribution >= 0.6 is 0 Å². The van der Waals surface area contributed by atoms with Crippen LogP contribution in [0.4, 0.5) is 0 Å². The van der Waals surface area contributed by atoms with Crippen molar-refractivity contribution in [2.24, 2.45) is 0 Å². The Kier molecular flexibility index (Phi) is 9.33. The topological polar surface area (TPSA) is 14.2 Å². The number of ether oxygens (including phenoxy) is 1. The van der Waals surface area contributed by atoms with Gasteiger partial charge < -0.3 is 9.30 Å². The molecule has 0 unspecified atom stereocenters. The van der Waals surface area contributed by atoms with Crippen molar-refractivity contribution in [3.05, 3.63) is 185 Å². The van der Waals surface area contributed by atoms with Gasteiger partial charge in [-0.15, -0.1) is 0 Å². The first-order valence-electron chi connectivity index (χ1n) is 17.1. The highest BCUT2D eigenvalue weighted by Crippen LogP contribution is 2.38. The summed E-state index contributed by atoms with van der Waals surface area (Å²) in [6.45, 7) is 6.02. The molecule has 0 aliphatic rings. The van der Waals surface area contributed by atoms with Gasteiger partial charge in [-0.1, -0.05) is 141 Å². The molecule has 48 heavy (non-hydrogen) atoms. The lowest BCUT2D eigenvalue weighted by molar-refractivity contribution is 0.317. The summed E-state index contributed by atoms with van der Waals surface area (Å²) in [7, 11) is 0. The average molecular weight is 624 g/mol. The van der Waals surface area contributed by atoms with Gasteiger partial charge in [-0.25, -0.2) is 0 Å². The van der Waals surface area contributed by atoms with Crippen LogP contribution in [0, 0.1) is 0 Å². The van der Waals surface area contributed by atoms with Crippen molar-refractivity contribution < 1.29 is 4.74 Å². The molecule has 1 aromatic heterocycles. The van der Waals surface area contributed by atoms with Crippen molar-refractivity contribution in [3.63, 3.8) is 0 Å². The van der Waals surface area contributed by atoms with Crippen LogP contribution in [0.2, 0.25) is 0 Å². The van der Waals surface area contributed by atoms with E-state index >= 15 is 0 Å². The molecule has 236 valence electrons. The molecule has 7 aromatic rings. The van der Waals surface area contributed by atoms with Gasteiger partial charge in [0, 0.05) is 34.5 Å². The van der Waals surface area contributed by atoms with Crippen molar-refractivity contribution in [1.29, 1.82) is 0 Å². The van der Waals surface area contributed by atoms with Gasteiger partial charge in [0.2, 0.25) is 0 Å². The molecular formula is C46H41NO. The summed E-state index contributed by atoms with van der Waals surface area (Å²) < 4.78 is 8.97. The summed E-state index contributed by atoms with van der Waals surface area (Å²) in [5, 5.41) is 2.50. The first kappa shape index (κ1) is 31.0. The fourth-order valence-electron chi connectivity index (χ4n) is 6.62. The van der Waals surface area contributed by atoms with Crippen LogP contribution in [0.5, 0.6) is 5.75 Å². The molecule has 0 N–H and O–H groups in total. The minimum absolute atomic E-state index is 0.670. The molecule has 1 heterocycles. The van der Waals surface area contributed by atoms with Crippen LogP contribution in [-0.4, -0.2) is 11.2 Å². The fraction of sp³-hybridized carbons (Fsp3) is 0.130. The zero-order chi connectivity index (χ0) is 32.7. The van der Waals surface area contributed by atoms with Crippen molar-refractivity contribution in [2.45, 2.75) is 33.2 Å². The molecular weight excluding hydrogens is 583 g/mol. The van der Waals surface area contributed by atoms with E-state index in [0.717, 1.165) is 30.7 Å². The maximum absolute atomic E-state index is 6.50. The predicted molar refractivity (Wildman–Crippen MR) is 205 cm³/mol. The molecule has 0 atom stereocenters. The van der Waals surface area contributed by atoms with Gasteiger partial charge in [0.05, 0.1) is 12.1 Å². The zero-order valence-electron chi connectivity index (χ0n) is 27.8. The summed E-state index contributed by atoms with van der Waals surface area (Å²) in [6, 6.07) is 54.2. The third kappa shape index (κ3) is 6.48. The highest BCUT2D eigenvalue weighted by atomic mass is 16.5. The van der Waals surface area contributed by atoms with Crippen LogP contribution in [0.1, 0.15) is 60.1 Å². The van der Waals surface area contributed by atoms with E-state index in [1.54, 1.807) is 0 Å². The SMILES string of the molecule is CCCOc1cc2c(cc1C=C(c1ccccc1)c1ccccc1)c1cc(C=C(c3ccccc3)c3ccccc3)ccc1n2CCC. The van der Waals surface area contributed by atoms with E-state index in [1.807, 2.05) is 0 Å². The highest BCUT2D eigenvalue weighted by Gasteiger charge is 2.16. The van der Waals surface area contributed by atoms with Gasteiger partial charge in [0.15, 0.2) is 0 Å². The number of nitrogens with zero attached hydrogens (tertiary/aromatic N) is 1. The Labute approximate surface area is 284 Å². The number of fused-ring (bicyclic) bond motifs is 3. The summed E-state index contributed by atoms with van der Waals surface area (Å²) in [6.07, 6.45) is 6.64.